The van der Waals surface area contributed by atoms with Gasteiger partial charge in [0.15, 0.2) is 0 Å². The Hall–Kier alpha value is -0.960. The molecule has 0 unspecified atom stereocenters. The number of hydrogen-bond donors (Lipinski definition) is 2. The summed E-state index contributed by atoms with van der Waals surface area (Å²) in [6.07, 6.45) is 1.01. The number of hydrogen-bond acceptors (Lipinski definition) is 2. The zero-order valence-corrected chi connectivity index (χ0v) is 7.65. The van der Waals surface area contributed by atoms with Crippen molar-refractivity contribution in [2.24, 2.45) is 0 Å². The van der Waals surface area contributed by atoms with Crippen LogP contribution in [0.4, 0.5) is 0 Å². The Morgan fingerprint density at radius 1 is 1.23 bits per heavy atom. The van der Waals surface area contributed by atoms with Crippen molar-refractivity contribution in [1.82, 2.24) is 0 Å². The third kappa shape index (κ3) is 2.77. The minimum absolute atomic E-state index is 0.0258. The van der Waals surface area contributed by atoms with Gasteiger partial charge in [-0.25, -0.2) is 0 Å². The van der Waals surface area contributed by atoms with Crippen molar-refractivity contribution in [2.75, 3.05) is 0 Å². The molecule has 0 saturated heterocycles. The van der Waals surface area contributed by atoms with Crippen LogP contribution < -0.4 is 5.30 Å². The molecule has 5 heteroatoms. The lowest BCUT2D eigenvalue weighted by atomic mass is 10.2. The maximum atomic E-state index is 10.7. The Labute approximate surface area is 75.4 Å². The zero-order valence-electron chi connectivity index (χ0n) is 6.75. The highest BCUT2D eigenvalue weighted by Crippen LogP contribution is 2.32. The summed E-state index contributed by atoms with van der Waals surface area (Å²) in [5.74, 6) is 0. The molecule has 0 aliphatic carbocycles. The highest BCUT2D eigenvalue weighted by atomic mass is 31.2. The largest absolute Gasteiger partial charge is 0.356 e. The fourth-order valence-corrected chi connectivity index (χ4v) is 1.46. The lowest BCUT2D eigenvalue weighted by Crippen LogP contribution is -2.03. The van der Waals surface area contributed by atoms with Crippen molar-refractivity contribution in [1.29, 1.82) is 0 Å². The molecule has 2 N–H and O–H groups in total. The van der Waals surface area contributed by atoms with Gasteiger partial charge in [0, 0.05) is 6.42 Å². The van der Waals surface area contributed by atoms with E-state index in [9.17, 15) is 9.36 Å². The van der Waals surface area contributed by atoms with Crippen molar-refractivity contribution in [3.8, 4) is 0 Å². The molecule has 1 aromatic rings. The van der Waals surface area contributed by atoms with Crippen molar-refractivity contribution in [2.45, 2.75) is 6.42 Å². The second kappa shape index (κ2) is 3.83. The van der Waals surface area contributed by atoms with Crippen LogP contribution in [0.3, 0.4) is 0 Å². The minimum Gasteiger partial charge on any atom is -0.321 e. The molecule has 0 heterocycles. The molecule has 0 aliphatic rings. The van der Waals surface area contributed by atoms with Gasteiger partial charge in [-0.1, -0.05) is 12.1 Å². The monoisotopic (exact) mass is 200 g/mol. The second-order valence-electron chi connectivity index (χ2n) is 2.58. The van der Waals surface area contributed by atoms with E-state index in [4.69, 9.17) is 9.79 Å². The first kappa shape index (κ1) is 10.1. The predicted octanol–water partition coefficient (Wildman–Crippen LogP) is 0.231. The lowest BCUT2D eigenvalue weighted by Gasteiger charge is -2.03. The number of carbonyl (C=O) groups excluding carboxylic acids is 1. The van der Waals surface area contributed by atoms with Crippen LogP contribution in [-0.2, 0) is 15.8 Å². The minimum atomic E-state index is -4.15. The average molecular weight is 200 g/mol. The molecular formula is C8H9O4P. The van der Waals surface area contributed by atoms with Crippen molar-refractivity contribution in [3.05, 3.63) is 29.8 Å². The summed E-state index contributed by atoms with van der Waals surface area (Å²) in [5.41, 5.74) is 0.743. The van der Waals surface area contributed by atoms with E-state index in [1.54, 1.807) is 0 Å². The van der Waals surface area contributed by atoms with E-state index in [1.807, 2.05) is 0 Å². The number of rotatable bonds is 3. The van der Waals surface area contributed by atoms with Gasteiger partial charge in [0.25, 0.3) is 0 Å². The quantitative estimate of drug-likeness (QED) is 0.541. The molecule has 0 amide bonds. The van der Waals surface area contributed by atoms with Gasteiger partial charge in [-0.05, 0) is 17.7 Å². The Balaban J connectivity index is 2.94. The first-order chi connectivity index (χ1) is 6.04. The Morgan fingerprint density at radius 2 is 1.77 bits per heavy atom. The Kier molecular flexibility index (Phi) is 2.98. The van der Waals surface area contributed by atoms with Crippen LogP contribution in [-0.4, -0.2) is 16.1 Å². The van der Waals surface area contributed by atoms with E-state index in [0.29, 0.717) is 0 Å². The van der Waals surface area contributed by atoms with E-state index < -0.39 is 7.60 Å². The van der Waals surface area contributed by atoms with Gasteiger partial charge in [-0.3, -0.25) is 4.57 Å². The highest BCUT2D eigenvalue weighted by molar-refractivity contribution is 7.60. The third-order valence-electron chi connectivity index (χ3n) is 1.59. The van der Waals surface area contributed by atoms with Crippen LogP contribution in [0.15, 0.2) is 24.3 Å². The average Bonchev–Trinajstić information content (AvgIpc) is 2.04. The summed E-state index contributed by atoms with van der Waals surface area (Å²) in [7, 11) is -4.15. The summed E-state index contributed by atoms with van der Waals surface area (Å²) < 4.78 is 10.7. The summed E-state index contributed by atoms with van der Waals surface area (Å²) in [4.78, 5) is 27.6. The van der Waals surface area contributed by atoms with Gasteiger partial charge in [-0.2, -0.15) is 0 Å². The van der Waals surface area contributed by atoms with E-state index >= 15 is 0 Å². The highest BCUT2D eigenvalue weighted by Gasteiger charge is 2.15. The molecule has 0 aliphatic heterocycles. The van der Waals surface area contributed by atoms with Crippen LogP contribution in [0.2, 0.25) is 0 Å². The molecule has 13 heavy (non-hydrogen) atoms. The second-order valence-corrected chi connectivity index (χ2v) is 4.19. The van der Waals surface area contributed by atoms with Gasteiger partial charge < -0.3 is 14.6 Å². The van der Waals surface area contributed by atoms with Crippen LogP contribution in [0.1, 0.15) is 5.56 Å². The van der Waals surface area contributed by atoms with Crippen molar-refractivity contribution < 1.29 is 19.1 Å². The normalized spacial score (nSPS) is 11.2. The molecule has 1 aromatic carbocycles. The molecular weight excluding hydrogens is 191 g/mol. The van der Waals surface area contributed by atoms with Gasteiger partial charge in [-0.15, -0.1) is 0 Å². The Morgan fingerprint density at radius 3 is 2.15 bits per heavy atom. The van der Waals surface area contributed by atoms with Crippen LogP contribution >= 0.6 is 7.60 Å². The molecule has 0 aromatic heterocycles. The molecule has 0 saturated carbocycles. The van der Waals surface area contributed by atoms with Gasteiger partial charge >= 0.3 is 7.60 Å². The summed E-state index contributed by atoms with van der Waals surface area (Å²) in [6.45, 7) is 0. The summed E-state index contributed by atoms with van der Waals surface area (Å²) >= 11 is 0. The van der Waals surface area contributed by atoms with Gasteiger partial charge in [0.1, 0.15) is 6.29 Å². The predicted molar refractivity (Wildman–Crippen MR) is 47.9 cm³/mol. The fourth-order valence-electron chi connectivity index (χ4n) is 0.922. The topological polar surface area (TPSA) is 74.6 Å². The smallest absolute Gasteiger partial charge is 0.321 e. The molecule has 4 nitrogen and oxygen atoms in total. The zero-order chi connectivity index (χ0) is 9.90. The molecule has 70 valence electrons. The van der Waals surface area contributed by atoms with Gasteiger partial charge in [0.05, 0.1) is 5.30 Å². The van der Waals surface area contributed by atoms with E-state index in [0.717, 1.165) is 11.8 Å². The van der Waals surface area contributed by atoms with Crippen LogP contribution in [0.25, 0.3) is 0 Å². The maximum absolute atomic E-state index is 10.7. The van der Waals surface area contributed by atoms with E-state index in [2.05, 4.69) is 0 Å². The third-order valence-corrected chi connectivity index (χ3v) is 2.56. The molecule has 1 rings (SSSR count). The van der Waals surface area contributed by atoms with E-state index in [1.165, 1.54) is 24.3 Å². The van der Waals surface area contributed by atoms with Crippen molar-refractivity contribution in [3.63, 3.8) is 0 Å². The maximum Gasteiger partial charge on any atom is 0.356 e. The molecule has 0 radical (unpaired) electrons. The number of benzene rings is 1. The summed E-state index contributed by atoms with van der Waals surface area (Å²) in [5, 5.41) is -0.0258. The number of carbonyl (C=O) groups is 1. The first-order valence-electron chi connectivity index (χ1n) is 3.63. The first-order valence-corrected chi connectivity index (χ1v) is 5.24. The van der Waals surface area contributed by atoms with Crippen LogP contribution in [0.5, 0.6) is 0 Å². The van der Waals surface area contributed by atoms with Crippen LogP contribution in [0, 0.1) is 0 Å². The fraction of sp³-hybridized carbons (Fsp3) is 0.125. The van der Waals surface area contributed by atoms with E-state index in [-0.39, 0.29) is 11.7 Å². The van der Waals surface area contributed by atoms with Gasteiger partial charge in [0.2, 0.25) is 0 Å². The summed E-state index contributed by atoms with van der Waals surface area (Å²) in [6, 6.07) is 5.73. The van der Waals surface area contributed by atoms with Crippen molar-refractivity contribution >= 4 is 19.2 Å². The molecule has 0 spiro atoms. The lowest BCUT2D eigenvalue weighted by molar-refractivity contribution is -0.107. The molecule has 0 atom stereocenters. The Bertz CT molecular complexity index is 338. The standard InChI is InChI=1S/C8H9O4P/c9-6-5-7-1-3-8(4-2-7)13(10,11)12/h1-4,6H,5H2,(H2,10,11,12). The number of aldehydes is 1. The molecule has 0 fully saturated rings. The molecule has 0 bridgehead atoms. The SMILES string of the molecule is O=CCc1ccc(P(=O)(O)O)cc1.